The molecule has 1 aromatic heterocycles. The summed E-state index contributed by atoms with van der Waals surface area (Å²) in [5.74, 6) is 2.53. The number of ether oxygens (including phenoxy) is 1. The van der Waals surface area contributed by atoms with Crippen LogP contribution < -0.4 is 5.32 Å². The van der Waals surface area contributed by atoms with Gasteiger partial charge in [0.1, 0.15) is 17.9 Å². The fourth-order valence-electron chi connectivity index (χ4n) is 3.49. The molecule has 37 heavy (non-hydrogen) atoms. The van der Waals surface area contributed by atoms with E-state index in [1.165, 1.54) is 12.5 Å². The van der Waals surface area contributed by atoms with E-state index in [9.17, 15) is 0 Å². The van der Waals surface area contributed by atoms with E-state index in [2.05, 4.69) is 61.6 Å². The Balaban J connectivity index is 0.00000196. The van der Waals surface area contributed by atoms with Gasteiger partial charge in [0.25, 0.3) is 0 Å². The summed E-state index contributed by atoms with van der Waals surface area (Å²) in [7, 11) is 3.65. The molecule has 0 atom stereocenters. The molecule has 5 nitrogen and oxygen atoms in total. The number of nitrogens with one attached hydrogen (secondary N) is 2. The van der Waals surface area contributed by atoms with E-state index in [0.29, 0.717) is 0 Å². The second-order valence-electron chi connectivity index (χ2n) is 8.51. The Morgan fingerprint density at radius 3 is 2.27 bits per heavy atom. The van der Waals surface area contributed by atoms with E-state index in [-0.39, 0.29) is 5.41 Å². The number of likely N-dealkylation sites (N-methyl/N-ethyl adjacent to an activating group) is 1. The van der Waals surface area contributed by atoms with Gasteiger partial charge >= 0.3 is 0 Å². The van der Waals surface area contributed by atoms with Crippen molar-refractivity contribution < 1.29 is 9.53 Å². The lowest BCUT2D eigenvalue weighted by atomic mass is 9.92. The molecular weight excluding hydrogens is 482 g/mol. The van der Waals surface area contributed by atoms with Gasteiger partial charge in [0.05, 0.1) is 18.5 Å². The smallest absolute Gasteiger partial charge is 0.116 e. The maximum Gasteiger partial charge on any atom is 0.116 e. The van der Waals surface area contributed by atoms with Crippen LogP contribution in [-0.4, -0.2) is 42.8 Å². The van der Waals surface area contributed by atoms with Gasteiger partial charge in [-0.15, -0.1) is 11.6 Å². The molecule has 1 heterocycles. The Bertz CT molecular complexity index is 1050. The average molecular weight is 526 g/mol. The molecule has 0 amide bonds. The molecule has 2 N–H and O–H groups in total. The first-order chi connectivity index (χ1) is 17.7. The first kappa shape index (κ1) is 33.8. The largest absolute Gasteiger partial charge is 0.497 e. The van der Waals surface area contributed by atoms with Gasteiger partial charge in [-0.2, -0.15) is 0 Å². The summed E-state index contributed by atoms with van der Waals surface area (Å²) >= 11 is 5.00. The molecule has 0 radical (unpaired) electrons. The maximum atomic E-state index is 8.81. The minimum Gasteiger partial charge on any atom is -0.497 e. The number of aromatic nitrogens is 2. The van der Waals surface area contributed by atoms with Crippen LogP contribution in [0.1, 0.15) is 58.3 Å². The zero-order valence-electron chi connectivity index (χ0n) is 23.5. The van der Waals surface area contributed by atoms with Crippen molar-refractivity contribution in [2.75, 3.05) is 26.6 Å². The molecule has 0 spiro atoms. The maximum absolute atomic E-state index is 8.81. The van der Waals surface area contributed by atoms with Crippen LogP contribution in [0.5, 0.6) is 0 Å². The summed E-state index contributed by atoms with van der Waals surface area (Å²) in [5.41, 5.74) is 4.91. The van der Waals surface area contributed by atoms with Crippen molar-refractivity contribution in [3.8, 4) is 0 Å². The SMILES string of the molecule is C=C/C=C(\C=C1\C=CC(OC)=CC1)c1nc(C(C)(C)CNC)[nH]c1C(/C=C\C)=C/C=C.CC=O.CCCl. The van der Waals surface area contributed by atoms with Crippen molar-refractivity contribution in [3.63, 3.8) is 0 Å². The van der Waals surface area contributed by atoms with E-state index >= 15 is 0 Å². The molecule has 0 saturated carbocycles. The lowest BCUT2D eigenvalue weighted by molar-refractivity contribution is -0.106. The number of imidazole rings is 1. The number of hydrogen-bond donors (Lipinski definition) is 2. The number of aromatic amines is 1. The molecule has 2 rings (SSSR count). The molecule has 0 aromatic carbocycles. The third kappa shape index (κ3) is 11.6. The lowest BCUT2D eigenvalue weighted by Crippen LogP contribution is -2.31. The van der Waals surface area contributed by atoms with Crippen LogP contribution in [0.3, 0.4) is 0 Å². The Hall–Kier alpha value is -3.15. The van der Waals surface area contributed by atoms with Crippen LogP contribution in [0.2, 0.25) is 0 Å². The number of alkyl halides is 1. The van der Waals surface area contributed by atoms with Gasteiger partial charge in [0.15, 0.2) is 0 Å². The van der Waals surface area contributed by atoms with E-state index in [1.54, 1.807) is 19.3 Å². The van der Waals surface area contributed by atoms with Crippen molar-refractivity contribution in [1.29, 1.82) is 0 Å². The van der Waals surface area contributed by atoms with Crippen LogP contribution in [0, 0.1) is 0 Å². The summed E-state index contributed by atoms with van der Waals surface area (Å²) in [5, 5.41) is 3.27. The van der Waals surface area contributed by atoms with Crippen molar-refractivity contribution in [2.24, 2.45) is 0 Å². The first-order valence-electron chi connectivity index (χ1n) is 12.4. The second kappa shape index (κ2) is 19.0. The van der Waals surface area contributed by atoms with Gasteiger partial charge in [0, 0.05) is 23.4 Å². The Labute approximate surface area is 229 Å². The summed E-state index contributed by atoms with van der Waals surface area (Å²) in [6, 6.07) is 0. The van der Waals surface area contributed by atoms with Crippen LogP contribution in [-0.2, 0) is 14.9 Å². The topological polar surface area (TPSA) is 67.0 Å². The molecule has 202 valence electrons. The molecule has 6 heteroatoms. The fourth-order valence-corrected chi connectivity index (χ4v) is 3.49. The standard InChI is InChI=1S/C27H35N3O.C2H5Cl.C2H4O/c1-8-11-21(12-9-2)24-25(30-26(29-24)27(4,5)19-28-6)22(13-10-3)18-20-14-16-23(31-7)17-15-20;2*1-2-3/h8-14,16-18,28H,1,3,15,19H2,2,4-7H3,(H,29,30);2H2,1H3;2H,1H3/b12-9-,20-18-,21-11+,22-13+;;. The summed E-state index contributed by atoms with van der Waals surface area (Å²) in [6.07, 6.45) is 21.6. The second-order valence-corrected chi connectivity index (χ2v) is 9.04. The van der Waals surface area contributed by atoms with E-state index in [1.807, 2.05) is 45.2 Å². The van der Waals surface area contributed by atoms with E-state index in [4.69, 9.17) is 26.1 Å². The fraction of sp³-hybridized carbons (Fsp3) is 0.355. The molecule has 1 aromatic rings. The van der Waals surface area contributed by atoms with Gasteiger partial charge in [0.2, 0.25) is 0 Å². The number of methoxy groups -OCH3 is 1. The Kier molecular flexibility index (Phi) is 17.4. The lowest BCUT2D eigenvalue weighted by Gasteiger charge is -2.21. The third-order valence-electron chi connectivity index (χ3n) is 5.04. The first-order valence-corrected chi connectivity index (χ1v) is 12.9. The van der Waals surface area contributed by atoms with Crippen LogP contribution in [0.4, 0.5) is 0 Å². The minimum atomic E-state index is -0.162. The number of rotatable bonds is 10. The number of H-pyrrole nitrogens is 1. The molecule has 0 saturated heterocycles. The van der Waals surface area contributed by atoms with Crippen molar-refractivity contribution in [2.45, 2.75) is 46.5 Å². The minimum absolute atomic E-state index is 0.162. The summed E-state index contributed by atoms with van der Waals surface area (Å²) in [4.78, 5) is 17.5. The number of carbonyl (C=O) groups excluding carboxylic acids is 1. The van der Waals surface area contributed by atoms with Crippen LogP contribution in [0.25, 0.3) is 11.1 Å². The zero-order chi connectivity index (χ0) is 28.3. The number of halogens is 1. The molecule has 1 aliphatic carbocycles. The molecule has 1 aliphatic rings. The monoisotopic (exact) mass is 525 g/mol. The number of nitrogens with zero attached hydrogens (tertiary/aromatic N) is 1. The normalized spacial score (nSPS) is 14.8. The summed E-state index contributed by atoms with van der Waals surface area (Å²) in [6.45, 7) is 18.3. The highest BCUT2D eigenvalue weighted by molar-refractivity contribution is 6.17. The highest BCUT2D eigenvalue weighted by atomic mass is 35.5. The van der Waals surface area contributed by atoms with Crippen molar-refractivity contribution >= 4 is 29.0 Å². The quantitative estimate of drug-likeness (QED) is 0.189. The molecular formula is C31H44ClN3O2. The van der Waals surface area contributed by atoms with Gasteiger partial charge in [-0.05, 0) is 56.7 Å². The molecule has 0 aliphatic heterocycles. The van der Waals surface area contributed by atoms with Gasteiger partial charge in [-0.3, -0.25) is 0 Å². The number of allylic oxidation sites excluding steroid dienone is 13. The zero-order valence-corrected chi connectivity index (χ0v) is 24.3. The summed E-state index contributed by atoms with van der Waals surface area (Å²) < 4.78 is 5.31. The highest BCUT2D eigenvalue weighted by Gasteiger charge is 2.26. The van der Waals surface area contributed by atoms with Crippen molar-refractivity contribution in [3.05, 3.63) is 102 Å². The van der Waals surface area contributed by atoms with Crippen LogP contribution in [0.15, 0.2) is 85.3 Å². The average Bonchev–Trinajstić information content (AvgIpc) is 3.31. The number of aldehydes is 1. The highest BCUT2D eigenvalue weighted by Crippen LogP contribution is 2.31. The third-order valence-corrected chi connectivity index (χ3v) is 5.04. The predicted molar refractivity (Wildman–Crippen MR) is 162 cm³/mol. The molecule has 0 fully saturated rings. The predicted octanol–water partition coefficient (Wildman–Crippen LogP) is 7.49. The van der Waals surface area contributed by atoms with Gasteiger partial charge < -0.3 is 19.8 Å². The molecule has 0 unspecified atom stereocenters. The molecule has 0 bridgehead atoms. The van der Waals surface area contributed by atoms with Crippen LogP contribution >= 0.6 is 11.6 Å². The Morgan fingerprint density at radius 1 is 1.22 bits per heavy atom. The number of hydrogen-bond acceptors (Lipinski definition) is 4. The number of carbonyl (C=O) groups is 1. The van der Waals surface area contributed by atoms with E-state index < -0.39 is 0 Å². The van der Waals surface area contributed by atoms with Crippen molar-refractivity contribution in [1.82, 2.24) is 15.3 Å². The van der Waals surface area contributed by atoms with E-state index in [0.717, 1.165) is 59.2 Å². The van der Waals surface area contributed by atoms with Gasteiger partial charge in [-0.25, -0.2) is 4.98 Å². The Morgan fingerprint density at radius 2 is 1.81 bits per heavy atom. The van der Waals surface area contributed by atoms with Gasteiger partial charge in [-0.1, -0.05) is 76.5 Å².